The molecule has 3 rings (SSSR count). The molecule has 3 aromatic rings. The fraction of sp³-hybridized carbons (Fsp3) is 0.0870. The summed E-state index contributed by atoms with van der Waals surface area (Å²) in [6.07, 6.45) is 0. The maximum absolute atomic E-state index is 3.72. The molecule has 0 atom stereocenters. The summed E-state index contributed by atoms with van der Waals surface area (Å²) >= 11 is 0. The molecule has 3 aromatic carbocycles. The second kappa shape index (κ2) is 18.3. The summed E-state index contributed by atoms with van der Waals surface area (Å²) < 4.78 is 0. The molecule has 0 unspecified atom stereocenters. The van der Waals surface area contributed by atoms with Gasteiger partial charge in [0.1, 0.15) is 0 Å². The molecule has 0 aromatic heterocycles. The van der Waals surface area contributed by atoms with Gasteiger partial charge in [0.05, 0.1) is 0 Å². The first-order valence-corrected chi connectivity index (χ1v) is 7.69. The van der Waals surface area contributed by atoms with Crippen molar-refractivity contribution in [3.05, 3.63) is 134 Å². The van der Waals surface area contributed by atoms with Gasteiger partial charge < -0.3 is 5.32 Å². The molecule has 0 bridgehead atoms. The first-order valence-electron chi connectivity index (χ1n) is 7.69. The van der Waals surface area contributed by atoms with Crippen molar-refractivity contribution in [2.75, 3.05) is 14.1 Å². The van der Waals surface area contributed by atoms with Gasteiger partial charge in [-0.3, -0.25) is 0 Å². The molecule has 0 amide bonds. The third-order valence-corrected chi connectivity index (χ3v) is 2.53. The summed E-state index contributed by atoms with van der Waals surface area (Å²) in [5, 5.41) is 3.50. The van der Waals surface area contributed by atoms with E-state index in [1.807, 2.05) is 91.0 Å². The van der Waals surface area contributed by atoms with Crippen LogP contribution in [0, 0.1) is 20.8 Å². The average molecular weight is 365 g/mol. The largest absolute Gasteiger partial charge is 4.00 e. The molecule has 0 heterocycles. The van der Waals surface area contributed by atoms with Gasteiger partial charge in [0.25, 0.3) is 0 Å². The van der Waals surface area contributed by atoms with Crippen LogP contribution in [0.5, 0.6) is 0 Å². The Labute approximate surface area is 169 Å². The fourth-order valence-electron chi connectivity index (χ4n) is 1.43. The van der Waals surface area contributed by atoms with Crippen molar-refractivity contribution in [2.45, 2.75) is 0 Å². The van der Waals surface area contributed by atoms with Crippen molar-refractivity contribution in [2.24, 2.45) is 0 Å². The van der Waals surface area contributed by atoms with Crippen molar-refractivity contribution in [3.63, 3.8) is 0 Å². The molecular weight excluding hydrogens is 338 g/mol. The van der Waals surface area contributed by atoms with E-state index in [4.69, 9.17) is 0 Å². The van der Waals surface area contributed by atoms with Crippen LogP contribution in [0.4, 0.5) is 0 Å². The van der Waals surface area contributed by atoms with E-state index in [-0.39, 0.29) is 21.7 Å². The Hall–Kier alpha value is -2.06. The van der Waals surface area contributed by atoms with Gasteiger partial charge in [-0.05, 0) is 0 Å². The predicted octanol–water partition coefficient (Wildman–Crippen LogP) is 6.22. The zero-order valence-corrected chi connectivity index (χ0v) is 16.8. The normalized spacial score (nSPS) is 7.92. The van der Waals surface area contributed by atoms with Crippen LogP contribution in [0.3, 0.4) is 0 Å². The smallest absolute Gasteiger partial charge is 0.668 e. The second-order valence-electron chi connectivity index (χ2n) is 4.90. The Bertz CT molecular complexity index is 506. The standard InChI is InChI=1S/3C7H7.C2H6N.Ti/c3*1-7-5-3-2-4-6-7;1-3-2;/h3*2-6H,1H2;1-2H3;/q4*-1;+4. The van der Waals surface area contributed by atoms with Crippen LogP contribution < -0.4 is 0 Å². The van der Waals surface area contributed by atoms with Crippen LogP contribution in [-0.4, -0.2) is 14.1 Å². The van der Waals surface area contributed by atoms with E-state index >= 15 is 0 Å². The quantitative estimate of drug-likeness (QED) is 0.331. The molecule has 128 valence electrons. The Morgan fingerprint density at radius 1 is 0.480 bits per heavy atom. The SMILES string of the molecule is C[N-]C.[CH2-]c1ccccc1.[CH2-]c1ccccc1.[CH2-]c1ccccc1.[Ti+4]. The molecule has 25 heavy (non-hydrogen) atoms. The maximum Gasteiger partial charge on any atom is 4.00 e. The summed E-state index contributed by atoms with van der Waals surface area (Å²) in [5.41, 5.74) is 3.22. The first-order chi connectivity index (χ1) is 11.6. The summed E-state index contributed by atoms with van der Waals surface area (Å²) in [5.74, 6) is 0. The van der Waals surface area contributed by atoms with Crippen LogP contribution >= 0.6 is 0 Å². The van der Waals surface area contributed by atoms with Crippen molar-refractivity contribution in [1.82, 2.24) is 0 Å². The number of hydrogen-bond acceptors (Lipinski definition) is 0. The van der Waals surface area contributed by atoms with Crippen LogP contribution in [0.25, 0.3) is 5.32 Å². The van der Waals surface area contributed by atoms with Gasteiger partial charge in [-0.25, -0.2) is 0 Å². The van der Waals surface area contributed by atoms with E-state index in [9.17, 15) is 0 Å². The van der Waals surface area contributed by atoms with Gasteiger partial charge in [-0.2, -0.15) is 88.0 Å². The molecule has 0 saturated heterocycles. The molecule has 1 nitrogen and oxygen atoms in total. The molecule has 2 heteroatoms. The van der Waals surface area contributed by atoms with Crippen molar-refractivity contribution >= 4 is 0 Å². The van der Waals surface area contributed by atoms with E-state index in [0.29, 0.717) is 0 Å². The summed E-state index contributed by atoms with van der Waals surface area (Å²) in [4.78, 5) is 0. The minimum absolute atomic E-state index is 0. The van der Waals surface area contributed by atoms with Crippen LogP contribution in [0.15, 0.2) is 91.0 Å². The zero-order valence-electron chi connectivity index (χ0n) is 15.2. The van der Waals surface area contributed by atoms with Gasteiger partial charge in [-0.15, -0.1) is 36.4 Å². The van der Waals surface area contributed by atoms with Gasteiger partial charge in [0.15, 0.2) is 0 Å². The molecule has 0 fully saturated rings. The molecule has 0 saturated carbocycles. The Morgan fingerprint density at radius 2 is 0.640 bits per heavy atom. The summed E-state index contributed by atoms with van der Waals surface area (Å²) in [6, 6.07) is 29.6. The maximum atomic E-state index is 3.72. The Kier molecular flexibility index (Phi) is 18.4. The minimum Gasteiger partial charge on any atom is -0.668 e. The minimum atomic E-state index is 0. The van der Waals surface area contributed by atoms with Crippen LogP contribution in [-0.2, 0) is 21.7 Å². The Balaban J connectivity index is 0. The van der Waals surface area contributed by atoms with Crippen LogP contribution in [0.1, 0.15) is 16.7 Å². The zero-order chi connectivity index (χ0) is 18.0. The molecule has 0 radical (unpaired) electrons. The fourth-order valence-corrected chi connectivity index (χ4v) is 1.43. The molecule has 0 aliphatic carbocycles. The van der Waals surface area contributed by atoms with E-state index in [1.165, 1.54) is 0 Å². The number of rotatable bonds is 0. The Morgan fingerprint density at radius 3 is 0.720 bits per heavy atom. The summed E-state index contributed by atoms with van der Waals surface area (Å²) in [7, 11) is 3.50. The number of hydrogen-bond donors (Lipinski definition) is 0. The van der Waals surface area contributed by atoms with Crippen molar-refractivity contribution < 1.29 is 21.7 Å². The van der Waals surface area contributed by atoms with E-state index in [0.717, 1.165) is 16.7 Å². The van der Waals surface area contributed by atoms with E-state index in [1.54, 1.807) is 14.1 Å². The summed E-state index contributed by atoms with van der Waals surface area (Å²) in [6.45, 7) is 11.2. The van der Waals surface area contributed by atoms with Crippen molar-refractivity contribution in [1.29, 1.82) is 0 Å². The van der Waals surface area contributed by atoms with E-state index < -0.39 is 0 Å². The van der Waals surface area contributed by atoms with Gasteiger partial charge in [0.2, 0.25) is 0 Å². The number of nitrogens with zero attached hydrogens (tertiary/aromatic N) is 1. The molecular formula is C23H27NTi. The van der Waals surface area contributed by atoms with Crippen LogP contribution in [0.2, 0.25) is 0 Å². The monoisotopic (exact) mass is 365 g/mol. The van der Waals surface area contributed by atoms with Crippen molar-refractivity contribution in [3.8, 4) is 0 Å². The number of benzene rings is 3. The molecule has 0 aliphatic heterocycles. The molecule has 0 spiro atoms. The first kappa shape index (κ1) is 25.2. The predicted molar refractivity (Wildman–Crippen MR) is 108 cm³/mol. The third-order valence-electron chi connectivity index (χ3n) is 2.53. The topological polar surface area (TPSA) is 14.1 Å². The second-order valence-corrected chi connectivity index (χ2v) is 4.90. The molecule has 0 aliphatic rings. The molecule has 0 N–H and O–H groups in total. The third kappa shape index (κ3) is 18.1. The van der Waals surface area contributed by atoms with Gasteiger partial charge >= 0.3 is 21.7 Å². The van der Waals surface area contributed by atoms with Gasteiger partial charge in [0, 0.05) is 0 Å². The van der Waals surface area contributed by atoms with Gasteiger partial charge in [-0.1, -0.05) is 18.2 Å². The average Bonchev–Trinajstić information content (AvgIpc) is 2.59. The van der Waals surface area contributed by atoms with E-state index in [2.05, 4.69) is 26.1 Å².